The van der Waals surface area contributed by atoms with Gasteiger partial charge in [-0.1, -0.05) is 69.3 Å². The Bertz CT molecular complexity index is 1170. The molecule has 1 fully saturated rings. The van der Waals surface area contributed by atoms with Gasteiger partial charge < -0.3 is 19.7 Å². The number of nitriles is 1. The number of carbonyl (C=O) groups is 4. The predicted octanol–water partition coefficient (Wildman–Crippen LogP) is 4.05. The lowest BCUT2D eigenvalue weighted by atomic mass is 9.80. The molecule has 2 atom stereocenters. The number of esters is 2. The van der Waals surface area contributed by atoms with Crippen molar-refractivity contribution in [3.63, 3.8) is 0 Å². The van der Waals surface area contributed by atoms with Crippen molar-refractivity contribution in [1.29, 1.82) is 5.26 Å². The maximum absolute atomic E-state index is 13.5. The van der Waals surface area contributed by atoms with Crippen LogP contribution < -0.4 is 5.32 Å². The zero-order valence-corrected chi connectivity index (χ0v) is 26.1. The fourth-order valence-corrected chi connectivity index (χ4v) is 5.01. The molecule has 1 aromatic carbocycles. The molecule has 1 saturated heterocycles. The van der Waals surface area contributed by atoms with Crippen molar-refractivity contribution in [3.8, 4) is 6.07 Å². The van der Waals surface area contributed by atoms with Crippen LogP contribution in [0.3, 0.4) is 0 Å². The molecule has 10 heteroatoms. The lowest BCUT2D eigenvalue weighted by molar-refractivity contribution is -0.178. The van der Waals surface area contributed by atoms with Crippen LogP contribution in [0.1, 0.15) is 71.4 Å². The molecule has 10 nitrogen and oxygen atoms in total. The third-order valence-electron chi connectivity index (χ3n) is 7.45. The number of nitrogens with zero attached hydrogens (tertiary/aromatic N) is 3. The van der Waals surface area contributed by atoms with E-state index in [0.717, 1.165) is 63.9 Å². The summed E-state index contributed by atoms with van der Waals surface area (Å²) in [6.07, 6.45) is 7.74. The average molecular weight is 595 g/mol. The van der Waals surface area contributed by atoms with Crippen LogP contribution in [0.25, 0.3) is 0 Å². The molecule has 2 heterocycles. The molecule has 1 N–H and O–H groups in total. The number of hydrogen-bond donors (Lipinski definition) is 1. The minimum Gasteiger partial charge on any atom is -0.448 e. The van der Waals surface area contributed by atoms with Gasteiger partial charge in [0.2, 0.25) is 12.2 Å². The van der Waals surface area contributed by atoms with Crippen LogP contribution in [-0.2, 0) is 41.7 Å². The summed E-state index contributed by atoms with van der Waals surface area (Å²) < 4.78 is 10.6. The van der Waals surface area contributed by atoms with Crippen LogP contribution >= 0.6 is 0 Å². The number of fused-ring (bicyclic) bond motifs is 1. The molecule has 0 radical (unpaired) electrons. The van der Waals surface area contributed by atoms with Crippen LogP contribution in [0.5, 0.6) is 0 Å². The molecule has 0 aromatic heterocycles. The van der Waals surface area contributed by atoms with Gasteiger partial charge in [0.15, 0.2) is 0 Å². The minimum atomic E-state index is -1.61. The second-order valence-corrected chi connectivity index (χ2v) is 10.9. The molecule has 43 heavy (non-hydrogen) atoms. The van der Waals surface area contributed by atoms with Crippen LogP contribution in [0.2, 0.25) is 0 Å². The molecular weight excluding hydrogens is 548 g/mol. The van der Waals surface area contributed by atoms with Crippen molar-refractivity contribution in [2.24, 2.45) is 5.41 Å². The van der Waals surface area contributed by atoms with E-state index in [2.05, 4.69) is 35.4 Å². The van der Waals surface area contributed by atoms with E-state index in [4.69, 9.17) is 14.7 Å². The van der Waals surface area contributed by atoms with E-state index in [9.17, 15) is 19.2 Å². The highest BCUT2D eigenvalue weighted by molar-refractivity contribution is 5.93. The molecule has 2 aliphatic heterocycles. The lowest BCUT2D eigenvalue weighted by Crippen LogP contribution is -2.55. The number of allylic oxidation sites excluding steroid dienone is 3. The number of hydrogen-bond acceptors (Lipinski definition) is 8. The first kappa shape index (κ1) is 35.2. The Morgan fingerprint density at radius 3 is 2.07 bits per heavy atom. The number of carbonyl (C=O) groups excluding carboxylic acids is 4. The normalized spacial score (nSPS) is 17.3. The number of ether oxygens (including phenoxy) is 2. The summed E-state index contributed by atoms with van der Waals surface area (Å²) in [4.78, 5) is 54.6. The summed E-state index contributed by atoms with van der Waals surface area (Å²) in [5.41, 5.74) is 1.75. The summed E-state index contributed by atoms with van der Waals surface area (Å²) in [5.74, 6) is -2.77. The van der Waals surface area contributed by atoms with Crippen LogP contribution in [0.4, 0.5) is 0 Å². The van der Waals surface area contributed by atoms with E-state index in [1.54, 1.807) is 0 Å². The third kappa shape index (κ3) is 11.3. The molecule has 0 aliphatic carbocycles. The molecule has 0 bridgehead atoms. The Hall–Kier alpha value is -3.97. The maximum Gasteiger partial charge on any atom is 0.303 e. The maximum atomic E-state index is 13.5. The standard InChI is InChI=1S/C31H40N4O6.C2H6/c1-23(36)40-27(28(41-24(2)37)30(39)35-20-25-12-8-9-13-26(25)21-35)29(38)33-22-31(3)14-18-34(19-15-31)17-11-7-5-4-6-10-16-32;1-2/h4,6-9,11-13,27-28H,5,10,14-15,17-22H2,1-3H3,(H,33,38);1-2H3/b6-4-,11-7-;. The number of rotatable bonds is 12. The Balaban J connectivity index is 0.00000316. The van der Waals surface area contributed by atoms with Gasteiger partial charge in [0, 0.05) is 40.0 Å². The highest BCUT2D eigenvalue weighted by atomic mass is 16.6. The first-order valence-corrected chi connectivity index (χ1v) is 15.0. The van der Waals surface area contributed by atoms with Gasteiger partial charge in [0.1, 0.15) is 0 Å². The molecule has 0 spiro atoms. The fraction of sp³-hybridized carbons (Fsp3) is 0.545. The fourth-order valence-electron chi connectivity index (χ4n) is 5.01. The smallest absolute Gasteiger partial charge is 0.303 e. The van der Waals surface area contributed by atoms with E-state index in [-0.39, 0.29) is 5.41 Å². The monoisotopic (exact) mass is 594 g/mol. The SMILES string of the molecule is CC.CC(=O)OC(C(=O)NCC1(C)CCN(C/C=C\C/C=C\CC#N)CC1)C(OC(C)=O)C(=O)N1Cc2ccccc2C1. The van der Waals surface area contributed by atoms with E-state index in [1.165, 1.54) is 4.90 Å². The van der Waals surface area contributed by atoms with Gasteiger partial charge in [-0.2, -0.15) is 5.26 Å². The zero-order chi connectivity index (χ0) is 31.8. The van der Waals surface area contributed by atoms with Gasteiger partial charge in [0.25, 0.3) is 11.8 Å². The summed E-state index contributed by atoms with van der Waals surface area (Å²) in [5, 5.41) is 11.4. The molecule has 2 unspecified atom stereocenters. The average Bonchev–Trinajstić information content (AvgIpc) is 3.43. The second kappa shape index (κ2) is 17.9. The zero-order valence-electron chi connectivity index (χ0n) is 26.1. The van der Waals surface area contributed by atoms with Crippen LogP contribution in [0.15, 0.2) is 48.6 Å². The summed E-state index contributed by atoms with van der Waals surface area (Å²) in [7, 11) is 0. The predicted molar refractivity (Wildman–Crippen MR) is 163 cm³/mol. The van der Waals surface area contributed by atoms with E-state index < -0.39 is 36.0 Å². The number of piperidine rings is 1. The highest BCUT2D eigenvalue weighted by Crippen LogP contribution is 2.30. The molecule has 2 amide bonds. The molecule has 1 aromatic rings. The Morgan fingerprint density at radius 2 is 1.51 bits per heavy atom. The molecule has 234 valence electrons. The van der Waals surface area contributed by atoms with Crippen molar-refractivity contribution in [1.82, 2.24) is 15.1 Å². The van der Waals surface area contributed by atoms with Crippen molar-refractivity contribution >= 4 is 23.8 Å². The summed E-state index contributed by atoms with van der Waals surface area (Å²) in [6, 6.07) is 9.67. The second-order valence-electron chi connectivity index (χ2n) is 10.9. The Morgan fingerprint density at radius 1 is 0.953 bits per heavy atom. The topological polar surface area (TPSA) is 129 Å². The highest BCUT2D eigenvalue weighted by Gasteiger charge is 2.43. The van der Waals surface area contributed by atoms with Crippen LogP contribution in [0, 0.1) is 16.7 Å². The van der Waals surface area contributed by atoms with Gasteiger partial charge in [0.05, 0.1) is 12.5 Å². The molecule has 0 saturated carbocycles. The van der Waals surface area contributed by atoms with Gasteiger partial charge in [-0.25, -0.2) is 0 Å². The summed E-state index contributed by atoms with van der Waals surface area (Å²) >= 11 is 0. The van der Waals surface area contributed by atoms with Gasteiger partial charge in [-0.05, 0) is 48.9 Å². The van der Waals surface area contributed by atoms with Crippen molar-refractivity contribution < 1.29 is 28.7 Å². The van der Waals surface area contributed by atoms with Gasteiger partial charge >= 0.3 is 11.9 Å². The third-order valence-corrected chi connectivity index (χ3v) is 7.45. The van der Waals surface area contributed by atoms with Crippen molar-refractivity contribution in [2.45, 2.75) is 85.6 Å². The quantitative estimate of drug-likeness (QED) is 0.284. The van der Waals surface area contributed by atoms with Crippen molar-refractivity contribution in [2.75, 3.05) is 26.2 Å². The minimum absolute atomic E-state index is 0.186. The molecule has 2 aliphatic rings. The first-order valence-electron chi connectivity index (χ1n) is 15.0. The van der Waals surface area contributed by atoms with Gasteiger partial charge in [-0.15, -0.1) is 0 Å². The first-order chi connectivity index (χ1) is 20.6. The van der Waals surface area contributed by atoms with E-state index in [1.807, 2.05) is 50.3 Å². The number of likely N-dealkylation sites (tertiary alicyclic amines) is 1. The van der Waals surface area contributed by atoms with Crippen molar-refractivity contribution in [3.05, 3.63) is 59.7 Å². The van der Waals surface area contributed by atoms with Crippen LogP contribution in [-0.4, -0.2) is 71.9 Å². The Kier molecular flexibility index (Phi) is 14.6. The molecule has 3 rings (SSSR count). The van der Waals surface area contributed by atoms with E-state index >= 15 is 0 Å². The lowest BCUT2D eigenvalue weighted by Gasteiger charge is -2.39. The summed E-state index contributed by atoms with van der Waals surface area (Å²) in [6.45, 7) is 11.9. The Labute approximate surface area is 255 Å². The molecular formula is C33H46N4O6. The number of benzene rings is 1. The number of nitrogens with one attached hydrogen (secondary N) is 1. The van der Waals surface area contributed by atoms with Gasteiger partial charge in [-0.3, -0.25) is 24.1 Å². The van der Waals surface area contributed by atoms with E-state index in [0.29, 0.717) is 26.1 Å². The number of amides is 2. The largest absolute Gasteiger partial charge is 0.448 e.